The average molecular weight is 1040 g/mol. The second-order valence-electron chi connectivity index (χ2n) is 22.7. The molecule has 0 aromatic heterocycles. The average Bonchev–Trinajstić information content (AvgIpc) is 3.76. The molecule has 1 unspecified atom stereocenters. The number of ether oxygens (including phenoxy) is 2. The smallest absolute Gasteiger partial charge is 0.410 e. The molecule has 1 aliphatic heterocycles. The predicted molar refractivity (Wildman–Crippen MR) is 285 cm³/mol. The third-order valence-electron chi connectivity index (χ3n) is 13.3. The minimum atomic E-state index is -1.25. The summed E-state index contributed by atoms with van der Waals surface area (Å²) in [6.07, 6.45) is 4.93. The van der Waals surface area contributed by atoms with Gasteiger partial charge in [-0.05, 0) is 126 Å². The topological polar surface area (TPSA) is 233 Å². The Morgan fingerprint density at radius 3 is 1.76 bits per heavy atom. The summed E-state index contributed by atoms with van der Waals surface area (Å²) in [5, 5.41) is 21.6. The molecule has 3 aromatic rings. The third kappa shape index (κ3) is 16.4. The molecule has 75 heavy (non-hydrogen) atoms. The molecule has 0 spiro atoms. The first-order valence-corrected chi connectivity index (χ1v) is 25.5. The molecular weight excluding hydrogens is 959 g/mol. The second kappa shape index (κ2) is 24.4. The minimum Gasteiger partial charge on any atom is -0.480 e. The van der Waals surface area contributed by atoms with Crippen molar-refractivity contribution in [2.45, 2.75) is 162 Å². The van der Waals surface area contributed by atoms with Crippen LogP contribution in [0, 0.1) is 5.41 Å². The Bertz CT molecular complexity index is 2600. The number of nitrogens with one attached hydrogen (secondary N) is 4. The van der Waals surface area contributed by atoms with Crippen molar-refractivity contribution in [2.24, 2.45) is 5.41 Å². The second-order valence-corrected chi connectivity index (χ2v) is 22.7. The number of likely N-dealkylation sites (tertiary alicyclic amines) is 1. The molecule has 18 nitrogen and oxygen atoms in total. The number of aryl methyl sites for hydroxylation is 1. The van der Waals surface area contributed by atoms with Crippen molar-refractivity contribution in [3.05, 3.63) is 106 Å². The van der Waals surface area contributed by atoms with Crippen LogP contribution in [0.3, 0.4) is 0 Å². The highest BCUT2D eigenvalue weighted by molar-refractivity contribution is 5.97. The van der Waals surface area contributed by atoms with Crippen LogP contribution in [0.25, 0.3) is 12.2 Å². The van der Waals surface area contributed by atoms with Crippen LogP contribution in [0.2, 0.25) is 0 Å². The Morgan fingerprint density at radius 1 is 0.720 bits per heavy atom. The van der Waals surface area contributed by atoms with E-state index in [0.717, 1.165) is 46.4 Å². The van der Waals surface area contributed by atoms with E-state index in [1.165, 1.54) is 30.8 Å². The third-order valence-corrected chi connectivity index (χ3v) is 13.3. The van der Waals surface area contributed by atoms with Gasteiger partial charge in [-0.3, -0.25) is 33.8 Å². The SMILES string of the molecule is C[C@@H](C(=O)NC(Cc1ccc(C=Cc2ccc(C(=O)N[C@H]3C[C@@H](C(=O)N[C@@H]4CCCc5ccccc54)N(C(=O)[C@@H](NC(=O)[C@H](C)N(C)C(=O)OC(C)(C)C)C(C)(C)C)C3)cc2)cc1)C(=O)O)N(C)C(=O)OC(C)(C)C. The van der Waals surface area contributed by atoms with Crippen LogP contribution in [-0.4, -0.2) is 136 Å². The van der Waals surface area contributed by atoms with Crippen molar-refractivity contribution < 1.29 is 52.9 Å². The monoisotopic (exact) mass is 1040 g/mol. The first kappa shape index (κ1) is 58.6. The molecule has 5 rings (SSSR count). The highest BCUT2D eigenvalue weighted by atomic mass is 16.6. The molecule has 5 N–H and O–H groups in total. The lowest BCUT2D eigenvalue weighted by Crippen LogP contribution is -2.60. The van der Waals surface area contributed by atoms with Gasteiger partial charge < -0.3 is 40.7 Å². The van der Waals surface area contributed by atoms with Gasteiger partial charge in [0, 0.05) is 38.7 Å². The molecule has 0 radical (unpaired) electrons. The summed E-state index contributed by atoms with van der Waals surface area (Å²) in [4.78, 5) is 111. The fraction of sp³-hybridized carbons (Fsp3) is 0.509. The van der Waals surface area contributed by atoms with E-state index in [2.05, 4.69) is 27.3 Å². The summed E-state index contributed by atoms with van der Waals surface area (Å²) < 4.78 is 10.8. The van der Waals surface area contributed by atoms with E-state index in [-0.39, 0.29) is 31.3 Å². The van der Waals surface area contributed by atoms with Gasteiger partial charge in [0.15, 0.2) is 0 Å². The zero-order valence-corrected chi connectivity index (χ0v) is 45.7. The van der Waals surface area contributed by atoms with E-state index >= 15 is 0 Å². The number of hydrogen-bond acceptors (Lipinski definition) is 10. The lowest BCUT2D eigenvalue weighted by molar-refractivity contribution is -0.144. The van der Waals surface area contributed by atoms with Gasteiger partial charge in [0.1, 0.15) is 41.4 Å². The number of rotatable bonds is 16. The van der Waals surface area contributed by atoms with Gasteiger partial charge in [-0.25, -0.2) is 14.4 Å². The van der Waals surface area contributed by atoms with E-state index in [1.54, 1.807) is 106 Å². The molecule has 406 valence electrons. The van der Waals surface area contributed by atoms with Crippen molar-refractivity contribution in [1.29, 1.82) is 0 Å². The van der Waals surface area contributed by atoms with Gasteiger partial charge in [0.2, 0.25) is 23.6 Å². The Hall–Kier alpha value is -7.24. The standard InChI is InChI=1S/C57H77N7O11/c1-34(62(12)53(72)74-56(6,7)8)47(65)60-44(52(70)71)31-38-25-23-36(24-26-38)21-22-37-27-29-40(30-28-37)49(67)58-41-32-45(50(68)59-43-20-16-18-39-17-14-15-19-42(39)43)64(33-41)51(69)46(55(3,4)5)61-48(66)35(2)63(13)54(73)75-57(9,10)11/h14-15,17,19,21-30,34-35,41,43-46H,16,18,20,31-33H2,1-13H3,(H,58,67)(H,59,68)(H,60,65)(H,61,66)(H,70,71)/t34-,35-,41-,43+,44?,45-,46+/m0/s1. The van der Waals surface area contributed by atoms with Crippen LogP contribution in [-0.2, 0) is 46.3 Å². The maximum Gasteiger partial charge on any atom is 0.410 e. The van der Waals surface area contributed by atoms with Gasteiger partial charge in [-0.15, -0.1) is 0 Å². The Kier molecular flexibility index (Phi) is 19.1. The number of carboxylic acid groups (broad SMARTS) is 1. The van der Waals surface area contributed by atoms with Crippen LogP contribution >= 0.6 is 0 Å². The number of hydrogen-bond donors (Lipinski definition) is 5. The van der Waals surface area contributed by atoms with E-state index in [4.69, 9.17) is 9.47 Å². The van der Waals surface area contributed by atoms with E-state index < -0.39 is 94.7 Å². The lowest BCUT2D eigenvalue weighted by atomic mass is 9.85. The summed E-state index contributed by atoms with van der Waals surface area (Å²) in [5.41, 5.74) is 2.40. The van der Waals surface area contributed by atoms with Gasteiger partial charge in [0.05, 0.1) is 6.04 Å². The Balaban J connectivity index is 1.26. The zero-order valence-electron chi connectivity index (χ0n) is 45.7. The molecule has 1 heterocycles. The molecule has 18 heteroatoms. The van der Waals surface area contributed by atoms with Crippen molar-refractivity contribution in [1.82, 2.24) is 36.0 Å². The van der Waals surface area contributed by atoms with Crippen LogP contribution in [0.1, 0.15) is 140 Å². The largest absolute Gasteiger partial charge is 0.480 e. The maximum atomic E-state index is 14.8. The van der Waals surface area contributed by atoms with Crippen LogP contribution < -0.4 is 21.3 Å². The van der Waals surface area contributed by atoms with E-state index in [9.17, 15) is 43.5 Å². The number of aliphatic carboxylic acids is 1. The van der Waals surface area contributed by atoms with Crippen molar-refractivity contribution in [2.75, 3.05) is 20.6 Å². The minimum absolute atomic E-state index is 0.00171. The normalized spacial score (nSPS) is 18.3. The molecule has 7 amide bonds. The quantitative estimate of drug-likeness (QED) is 0.0926. The molecule has 0 bridgehead atoms. The van der Waals surface area contributed by atoms with Crippen LogP contribution in [0.15, 0.2) is 72.8 Å². The highest BCUT2D eigenvalue weighted by Gasteiger charge is 2.46. The first-order chi connectivity index (χ1) is 34.9. The number of carboxylic acids is 1. The number of amides is 7. The number of likely N-dealkylation sites (N-methyl/N-ethyl adjacent to an activating group) is 2. The molecule has 3 aromatic carbocycles. The van der Waals surface area contributed by atoms with Crippen LogP contribution in [0.5, 0.6) is 0 Å². The van der Waals surface area contributed by atoms with Gasteiger partial charge in [-0.1, -0.05) is 93.6 Å². The molecule has 1 saturated heterocycles. The predicted octanol–water partition coefficient (Wildman–Crippen LogP) is 6.90. The highest BCUT2D eigenvalue weighted by Crippen LogP contribution is 2.32. The Labute approximate surface area is 441 Å². The Morgan fingerprint density at radius 2 is 1.24 bits per heavy atom. The molecular formula is C57H77N7O11. The number of carbonyl (C=O) groups is 8. The zero-order chi connectivity index (χ0) is 55.7. The fourth-order valence-corrected chi connectivity index (χ4v) is 8.72. The molecule has 7 atom stereocenters. The number of carbonyl (C=O) groups excluding carboxylic acids is 7. The fourth-order valence-electron chi connectivity index (χ4n) is 8.72. The summed E-state index contributed by atoms with van der Waals surface area (Å²) in [7, 11) is 2.86. The molecule has 2 aliphatic rings. The van der Waals surface area contributed by atoms with Crippen molar-refractivity contribution in [3.8, 4) is 0 Å². The van der Waals surface area contributed by atoms with E-state index in [1.807, 2.05) is 42.5 Å². The molecule has 1 aliphatic carbocycles. The van der Waals surface area contributed by atoms with Crippen LogP contribution in [0.4, 0.5) is 9.59 Å². The van der Waals surface area contributed by atoms with E-state index in [0.29, 0.717) is 11.1 Å². The summed E-state index contributed by atoms with van der Waals surface area (Å²) >= 11 is 0. The van der Waals surface area contributed by atoms with Gasteiger partial charge in [-0.2, -0.15) is 0 Å². The summed E-state index contributed by atoms with van der Waals surface area (Å²) in [6, 6.07) is 15.8. The number of nitrogens with zero attached hydrogens (tertiary/aromatic N) is 3. The summed E-state index contributed by atoms with van der Waals surface area (Å²) in [6.45, 7) is 18.7. The molecule has 1 fully saturated rings. The van der Waals surface area contributed by atoms with Gasteiger partial charge >= 0.3 is 18.2 Å². The maximum absolute atomic E-state index is 14.8. The van der Waals surface area contributed by atoms with Crippen molar-refractivity contribution >= 4 is 59.8 Å². The lowest BCUT2D eigenvalue weighted by Gasteiger charge is -2.37. The number of benzene rings is 3. The number of fused-ring (bicyclic) bond motifs is 1. The van der Waals surface area contributed by atoms with Crippen molar-refractivity contribution in [3.63, 3.8) is 0 Å². The molecule has 0 saturated carbocycles. The van der Waals surface area contributed by atoms with Gasteiger partial charge in [0.25, 0.3) is 5.91 Å². The first-order valence-electron chi connectivity index (χ1n) is 25.5. The summed E-state index contributed by atoms with van der Waals surface area (Å²) in [5.74, 6) is -3.72.